The van der Waals surface area contributed by atoms with Crippen molar-refractivity contribution in [2.45, 2.75) is 6.04 Å². The van der Waals surface area contributed by atoms with E-state index in [1.807, 2.05) is 30.3 Å². The highest BCUT2D eigenvalue weighted by Crippen LogP contribution is 2.24. The fourth-order valence-corrected chi connectivity index (χ4v) is 3.28. The van der Waals surface area contributed by atoms with Crippen molar-refractivity contribution in [2.24, 2.45) is 0 Å². The topological polar surface area (TPSA) is 52.0 Å². The van der Waals surface area contributed by atoms with Gasteiger partial charge in [-0.2, -0.15) is 0 Å². The van der Waals surface area contributed by atoms with E-state index in [-0.39, 0.29) is 29.3 Å². The number of ether oxygens (including phenoxy) is 2. The van der Waals surface area contributed by atoms with Crippen LogP contribution in [0, 0.1) is 5.82 Å². The van der Waals surface area contributed by atoms with E-state index in [1.165, 1.54) is 17.0 Å². The second-order valence-corrected chi connectivity index (χ2v) is 6.87. The first-order chi connectivity index (χ1) is 13.1. The highest BCUT2D eigenvalue weighted by molar-refractivity contribution is 6.32. The van der Waals surface area contributed by atoms with Crippen LogP contribution in [0.2, 0.25) is 5.02 Å². The summed E-state index contributed by atoms with van der Waals surface area (Å²) >= 11 is 5.93. The Morgan fingerprint density at radius 1 is 1.22 bits per heavy atom. The fraction of sp³-hybridized carbons (Fsp3) is 0.350. The molecule has 1 aliphatic rings. The van der Waals surface area contributed by atoms with Crippen molar-refractivity contribution >= 4 is 17.5 Å². The molecule has 1 fully saturated rings. The van der Waals surface area contributed by atoms with E-state index in [1.54, 1.807) is 0 Å². The van der Waals surface area contributed by atoms with E-state index in [0.29, 0.717) is 0 Å². The zero-order valence-electron chi connectivity index (χ0n) is 14.9. The van der Waals surface area contributed by atoms with Crippen molar-refractivity contribution in [3.8, 4) is 5.75 Å². The summed E-state index contributed by atoms with van der Waals surface area (Å²) in [6, 6.07) is 13.6. The molecule has 2 N–H and O–H groups in total. The van der Waals surface area contributed by atoms with Gasteiger partial charge in [0.1, 0.15) is 37.2 Å². The van der Waals surface area contributed by atoms with E-state index >= 15 is 0 Å². The van der Waals surface area contributed by atoms with Crippen LogP contribution < -0.4 is 15.0 Å². The van der Waals surface area contributed by atoms with Crippen LogP contribution in [0.1, 0.15) is 11.6 Å². The van der Waals surface area contributed by atoms with Gasteiger partial charge in [-0.1, -0.05) is 41.9 Å². The van der Waals surface area contributed by atoms with Gasteiger partial charge in [0.2, 0.25) is 0 Å². The van der Waals surface area contributed by atoms with Crippen molar-refractivity contribution in [2.75, 3.05) is 39.5 Å². The van der Waals surface area contributed by atoms with Gasteiger partial charge in [-0.15, -0.1) is 0 Å². The molecule has 144 valence electrons. The maximum atomic E-state index is 13.1. The van der Waals surface area contributed by atoms with Crippen molar-refractivity contribution in [1.29, 1.82) is 0 Å². The smallest absolute Gasteiger partial charge is 0.258 e. The van der Waals surface area contributed by atoms with Crippen LogP contribution in [0.25, 0.3) is 0 Å². The number of morpholine rings is 1. The van der Waals surface area contributed by atoms with Gasteiger partial charge in [-0.3, -0.25) is 4.79 Å². The molecule has 0 aliphatic carbocycles. The number of nitrogens with one attached hydrogen (secondary N) is 2. The third-order valence-electron chi connectivity index (χ3n) is 4.48. The number of rotatable bonds is 7. The minimum atomic E-state index is -0.450. The molecule has 0 spiro atoms. The zero-order valence-corrected chi connectivity index (χ0v) is 15.7. The van der Waals surface area contributed by atoms with Crippen LogP contribution in [-0.2, 0) is 9.53 Å². The van der Waals surface area contributed by atoms with E-state index in [4.69, 9.17) is 21.1 Å². The molecule has 2 aromatic carbocycles. The van der Waals surface area contributed by atoms with Gasteiger partial charge in [-0.25, -0.2) is 4.39 Å². The number of hydrogen-bond donors (Lipinski definition) is 2. The average Bonchev–Trinajstić information content (AvgIpc) is 2.68. The maximum Gasteiger partial charge on any atom is 0.258 e. The molecule has 0 unspecified atom stereocenters. The number of carbonyl (C=O) groups is 1. The van der Waals surface area contributed by atoms with Crippen LogP contribution in [0.3, 0.4) is 0 Å². The Balaban J connectivity index is 1.61. The van der Waals surface area contributed by atoms with Crippen LogP contribution in [0.4, 0.5) is 4.39 Å². The molecule has 0 aromatic heterocycles. The molecule has 27 heavy (non-hydrogen) atoms. The lowest BCUT2D eigenvalue weighted by Gasteiger charge is -2.28. The molecule has 0 radical (unpaired) electrons. The summed E-state index contributed by atoms with van der Waals surface area (Å²) in [5.41, 5.74) is 1.05. The van der Waals surface area contributed by atoms with Gasteiger partial charge in [0, 0.05) is 0 Å². The number of benzene rings is 2. The van der Waals surface area contributed by atoms with Crippen molar-refractivity contribution in [3.05, 3.63) is 64.9 Å². The molecule has 2 aromatic rings. The molecule has 3 rings (SSSR count). The maximum absolute atomic E-state index is 13.1. The first-order valence-electron chi connectivity index (χ1n) is 8.95. The lowest BCUT2D eigenvalue weighted by atomic mass is 10.1. The summed E-state index contributed by atoms with van der Waals surface area (Å²) in [6.07, 6.45) is 0. The van der Waals surface area contributed by atoms with Gasteiger partial charge in [0.25, 0.3) is 5.91 Å². The van der Waals surface area contributed by atoms with Crippen LogP contribution in [0.15, 0.2) is 48.5 Å². The van der Waals surface area contributed by atoms with E-state index in [9.17, 15) is 9.18 Å². The molecular formula is C20H23ClFN2O3+. The van der Waals surface area contributed by atoms with Gasteiger partial charge in [0.15, 0.2) is 6.61 Å². The Kier molecular flexibility index (Phi) is 7.04. The summed E-state index contributed by atoms with van der Waals surface area (Å²) in [5.74, 6) is -0.422. The van der Waals surface area contributed by atoms with Crippen LogP contribution >= 0.6 is 11.6 Å². The standard InChI is InChI=1S/C20H22ClFN2O3/c21-17-12-16(22)6-7-19(17)27-14-20(25)23-18(15-4-2-1-3-5-15)13-24-8-10-26-11-9-24/h1-7,12,18H,8-11,13-14H2,(H,23,25)/p+1/t18-/m1/s1. The Bertz CT molecular complexity index is 754. The molecule has 0 bridgehead atoms. The van der Waals surface area contributed by atoms with E-state index < -0.39 is 5.82 Å². The molecule has 1 aliphatic heterocycles. The predicted octanol–water partition coefficient (Wildman–Crippen LogP) is 1.63. The minimum Gasteiger partial charge on any atom is -0.482 e. The second-order valence-electron chi connectivity index (χ2n) is 6.46. The number of halogens is 2. The fourth-order valence-electron chi connectivity index (χ4n) is 3.06. The molecule has 1 heterocycles. The molecule has 7 heteroatoms. The van der Waals surface area contributed by atoms with Crippen molar-refractivity contribution in [3.63, 3.8) is 0 Å². The summed E-state index contributed by atoms with van der Waals surface area (Å²) in [6.45, 7) is 3.89. The molecule has 0 saturated carbocycles. The quantitative estimate of drug-likeness (QED) is 0.751. The van der Waals surface area contributed by atoms with Crippen LogP contribution in [-0.4, -0.2) is 45.4 Å². The normalized spacial score (nSPS) is 15.9. The lowest BCUT2D eigenvalue weighted by Crippen LogP contribution is -3.14. The molecular weight excluding hydrogens is 371 g/mol. The summed E-state index contributed by atoms with van der Waals surface area (Å²) < 4.78 is 23.9. The average molecular weight is 394 g/mol. The second kappa shape index (κ2) is 9.69. The van der Waals surface area contributed by atoms with Gasteiger partial charge >= 0.3 is 0 Å². The first-order valence-corrected chi connectivity index (χ1v) is 9.33. The number of amides is 1. The van der Waals surface area contributed by atoms with Gasteiger partial charge in [-0.05, 0) is 23.8 Å². The minimum absolute atomic E-state index is 0.126. The van der Waals surface area contributed by atoms with Crippen LogP contribution in [0.5, 0.6) is 5.75 Å². The van der Waals surface area contributed by atoms with Crippen molar-refractivity contribution < 1.29 is 23.6 Å². The molecule has 1 atom stereocenters. The Morgan fingerprint density at radius 2 is 1.96 bits per heavy atom. The predicted molar refractivity (Wildman–Crippen MR) is 101 cm³/mol. The summed E-state index contributed by atoms with van der Waals surface area (Å²) in [7, 11) is 0. The van der Waals surface area contributed by atoms with Gasteiger partial charge < -0.3 is 19.7 Å². The number of carbonyl (C=O) groups excluding carboxylic acids is 1. The number of quaternary nitrogens is 1. The Hall–Kier alpha value is -2.15. The third-order valence-corrected chi connectivity index (χ3v) is 4.78. The SMILES string of the molecule is O=C(COc1ccc(F)cc1Cl)N[C@H](C[NH+]1CCOCC1)c1ccccc1. The molecule has 1 amide bonds. The Labute approximate surface area is 163 Å². The number of hydrogen-bond acceptors (Lipinski definition) is 3. The largest absolute Gasteiger partial charge is 0.482 e. The molecule has 5 nitrogen and oxygen atoms in total. The summed E-state index contributed by atoms with van der Waals surface area (Å²) in [5, 5.41) is 3.18. The summed E-state index contributed by atoms with van der Waals surface area (Å²) in [4.78, 5) is 13.8. The van der Waals surface area contributed by atoms with Gasteiger partial charge in [0.05, 0.1) is 18.2 Å². The van der Waals surface area contributed by atoms with Crippen molar-refractivity contribution in [1.82, 2.24) is 5.32 Å². The zero-order chi connectivity index (χ0) is 19.1. The molecule has 1 saturated heterocycles. The lowest BCUT2D eigenvalue weighted by molar-refractivity contribution is -0.909. The first kappa shape index (κ1) is 19.6. The highest BCUT2D eigenvalue weighted by atomic mass is 35.5. The highest BCUT2D eigenvalue weighted by Gasteiger charge is 2.23. The monoisotopic (exact) mass is 393 g/mol. The Morgan fingerprint density at radius 3 is 2.67 bits per heavy atom. The third kappa shape index (κ3) is 5.92. The van der Waals surface area contributed by atoms with E-state index in [0.717, 1.165) is 44.5 Å². The van der Waals surface area contributed by atoms with E-state index in [2.05, 4.69) is 5.32 Å².